The molecule has 2 aliphatic heterocycles. The molecular formula is C15H15NO2S. The van der Waals surface area contributed by atoms with Crippen LogP contribution in [0.5, 0.6) is 0 Å². The minimum Gasteiger partial charge on any atom is -0.306 e. The third-order valence-corrected chi connectivity index (χ3v) is 4.54. The molecule has 3 nitrogen and oxygen atoms in total. The van der Waals surface area contributed by atoms with Gasteiger partial charge in [-0.15, -0.1) is 0 Å². The van der Waals surface area contributed by atoms with E-state index in [4.69, 9.17) is 0 Å². The van der Waals surface area contributed by atoms with E-state index in [1.54, 1.807) is 4.90 Å². The minimum absolute atomic E-state index is 0.0550. The molecule has 0 radical (unpaired) electrons. The van der Waals surface area contributed by atoms with Gasteiger partial charge >= 0.3 is 0 Å². The van der Waals surface area contributed by atoms with E-state index in [2.05, 4.69) is 0 Å². The lowest BCUT2D eigenvalue weighted by Crippen LogP contribution is -2.40. The fourth-order valence-electron chi connectivity index (χ4n) is 2.52. The molecule has 19 heavy (non-hydrogen) atoms. The van der Waals surface area contributed by atoms with Crippen LogP contribution in [0.4, 0.5) is 0 Å². The molecule has 4 heteroatoms. The monoisotopic (exact) mass is 273 g/mol. The Labute approximate surface area is 116 Å². The highest BCUT2D eigenvalue weighted by Gasteiger charge is 2.40. The van der Waals surface area contributed by atoms with E-state index in [1.807, 2.05) is 36.4 Å². The summed E-state index contributed by atoms with van der Waals surface area (Å²) in [5.41, 5.74) is 0.799. The summed E-state index contributed by atoms with van der Waals surface area (Å²) in [5, 5.41) is 0.778. The highest BCUT2D eigenvalue weighted by Crippen LogP contribution is 2.38. The average molecular weight is 273 g/mol. The Morgan fingerprint density at radius 3 is 2.68 bits per heavy atom. The van der Waals surface area contributed by atoms with E-state index in [9.17, 15) is 9.59 Å². The lowest BCUT2D eigenvalue weighted by molar-refractivity contribution is -0.134. The molecule has 1 atom stereocenters. The Morgan fingerprint density at radius 2 is 1.89 bits per heavy atom. The fourth-order valence-corrected chi connectivity index (χ4v) is 3.57. The van der Waals surface area contributed by atoms with Gasteiger partial charge in [-0.2, -0.15) is 0 Å². The van der Waals surface area contributed by atoms with Crippen LogP contribution in [0, 0.1) is 0 Å². The number of thioether (sulfide) groups is 1. The number of hydrogen-bond acceptors (Lipinski definition) is 3. The molecule has 3 rings (SSSR count). The molecule has 0 bridgehead atoms. The minimum atomic E-state index is -0.638. The fraction of sp³-hybridized carbons (Fsp3) is 0.333. The quantitative estimate of drug-likeness (QED) is 0.738. The molecule has 2 aliphatic rings. The molecule has 1 amide bonds. The van der Waals surface area contributed by atoms with Crippen molar-refractivity contribution in [2.45, 2.75) is 25.2 Å². The maximum absolute atomic E-state index is 12.6. The average Bonchev–Trinajstić information content (AvgIpc) is 2.65. The summed E-state index contributed by atoms with van der Waals surface area (Å²) in [6.45, 7) is 0.730. The lowest BCUT2D eigenvalue weighted by atomic mass is 9.98. The summed E-state index contributed by atoms with van der Waals surface area (Å²) in [5.74, 6) is -0.704. The molecule has 1 aromatic rings. The van der Waals surface area contributed by atoms with Gasteiger partial charge in [-0.05, 0) is 36.6 Å². The lowest BCUT2D eigenvalue weighted by Gasteiger charge is -2.32. The summed E-state index contributed by atoms with van der Waals surface area (Å²) in [6, 6.07) is 9.34. The third-order valence-electron chi connectivity index (χ3n) is 3.51. The van der Waals surface area contributed by atoms with Crippen molar-refractivity contribution >= 4 is 22.8 Å². The van der Waals surface area contributed by atoms with E-state index in [1.165, 1.54) is 11.8 Å². The first-order valence-electron chi connectivity index (χ1n) is 6.55. The van der Waals surface area contributed by atoms with Crippen LogP contribution < -0.4 is 0 Å². The SMILES string of the molecule is O=C1SC2=CCCCCN2C(=O)C1c1ccccc1. The highest BCUT2D eigenvalue weighted by atomic mass is 32.2. The van der Waals surface area contributed by atoms with E-state index in [-0.39, 0.29) is 11.0 Å². The van der Waals surface area contributed by atoms with Crippen molar-refractivity contribution in [2.24, 2.45) is 0 Å². The summed E-state index contributed by atoms with van der Waals surface area (Å²) < 4.78 is 0. The number of hydrogen-bond donors (Lipinski definition) is 0. The van der Waals surface area contributed by atoms with Crippen LogP contribution in [-0.4, -0.2) is 22.5 Å². The summed E-state index contributed by atoms with van der Waals surface area (Å²) in [4.78, 5) is 26.6. The molecule has 0 spiro atoms. The van der Waals surface area contributed by atoms with Crippen LogP contribution >= 0.6 is 11.8 Å². The summed E-state index contributed by atoms with van der Waals surface area (Å²) in [7, 11) is 0. The number of fused-ring (bicyclic) bond motifs is 1. The molecule has 98 valence electrons. The smallest absolute Gasteiger partial charge is 0.243 e. The maximum atomic E-state index is 12.6. The number of rotatable bonds is 1. The molecule has 0 aliphatic carbocycles. The number of amides is 1. The van der Waals surface area contributed by atoms with Gasteiger partial charge in [0.25, 0.3) is 0 Å². The second kappa shape index (κ2) is 5.21. The molecule has 0 aromatic heterocycles. The van der Waals surface area contributed by atoms with Crippen LogP contribution in [-0.2, 0) is 9.59 Å². The summed E-state index contributed by atoms with van der Waals surface area (Å²) in [6.07, 6.45) is 5.06. The number of carbonyl (C=O) groups is 2. The van der Waals surface area contributed by atoms with Gasteiger partial charge < -0.3 is 4.90 Å². The van der Waals surface area contributed by atoms with E-state index < -0.39 is 5.92 Å². The molecule has 1 aromatic carbocycles. The topological polar surface area (TPSA) is 37.4 Å². The zero-order chi connectivity index (χ0) is 13.2. The first-order valence-corrected chi connectivity index (χ1v) is 7.37. The second-order valence-corrected chi connectivity index (χ2v) is 5.82. The zero-order valence-corrected chi connectivity index (χ0v) is 11.4. The van der Waals surface area contributed by atoms with Crippen LogP contribution in [0.1, 0.15) is 30.7 Å². The number of allylic oxidation sites excluding steroid dienone is 1. The van der Waals surface area contributed by atoms with Gasteiger partial charge in [-0.3, -0.25) is 9.59 Å². The zero-order valence-electron chi connectivity index (χ0n) is 10.5. The Morgan fingerprint density at radius 1 is 1.11 bits per heavy atom. The number of carbonyl (C=O) groups excluding carboxylic acids is 2. The standard InChI is InChI=1S/C15H15NO2S/c17-14-13(11-7-3-1-4-8-11)15(18)19-12-9-5-2-6-10-16(12)14/h1,3-4,7-9,13H,2,5-6,10H2. The van der Waals surface area contributed by atoms with Crippen molar-refractivity contribution in [2.75, 3.05) is 6.54 Å². The van der Waals surface area contributed by atoms with Crippen LogP contribution in [0.3, 0.4) is 0 Å². The van der Waals surface area contributed by atoms with E-state index >= 15 is 0 Å². The van der Waals surface area contributed by atoms with Crippen LogP contribution in [0.2, 0.25) is 0 Å². The Kier molecular flexibility index (Phi) is 3.42. The van der Waals surface area contributed by atoms with Crippen molar-refractivity contribution in [3.8, 4) is 0 Å². The molecule has 1 unspecified atom stereocenters. The predicted octanol–water partition coefficient (Wildman–Crippen LogP) is 2.90. The molecular weight excluding hydrogens is 258 g/mol. The van der Waals surface area contributed by atoms with Crippen molar-refractivity contribution in [3.05, 3.63) is 47.0 Å². The maximum Gasteiger partial charge on any atom is 0.243 e. The third kappa shape index (κ3) is 2.32. The first kappa shape index (κ1) is 12.5. The van der Waals surface area contributed by atoms with Gasteiger partial charge in [0.05, 0.1) is 5.03 Å². The van der Waals surface area contributed by atoms with Gasteiger partial charge in [0.1, 0.15) is 5.92 Å². The second-order valence-electron chi connectivity index (χ2n) is 4.79. The largest absolute Gasteiger partial charge is 0.306 e. The van der Waals surface area contributed by atoms with Gasteiger partial charge in [0, 0.05) is 6.54 Å². The van der Waals surface area contributed by atoms with E-state index in [0.717, 1.165) is 36.4 Å². The van der Waals surface area contributed by atoms with Gasteiger partial charge in [-0.25, -0.2) is 0 Å². The normalized spacial score (nSPS) is 23.7. The van der Waals surface area contributed by atoms with Gasteiger partial charge in [-0.1, -0.05) is 36.4 Å². The van der Waals surface area contributed by atoms with Crippen molar-refractivity contribution in [1.29, 1.82) is 0 Å². The predicted molar refractivity (Wildman–Crippen MR) is 75.4 cm³/mol. The van der Waals surface area contributed by atoms with Crippen molar-refractivity contribution in [1.82, 2.24) is 4.90 Å². The van der Waals surface area contributed by atoms with Crippen molar-refractivity contribution in [3.63, 3.8) is 0 Å². The molecule has 1 saturated heterocycles. The Balaban J connectivity index is 1.95. The molecule has 1 fully saturated rings. The highest BCUT2D eigenvalue weighted by molar-refractivity contribution is 8.17. The van der Waals surface area contributed by atoms with Gasteiger partial charge in [0.15, 0.2) is 0 Å². The Bertz CT molecular complexity index is 538. The molecule has 0 saturated carbocycles. The molecule has 2 heterocycles. The van der Waals surface area contributed by atoms with E-state index in [0.29, 0.717) is 0 Å². The van der Waals surface area contributed by atoms with Crippen LogP contribution in [0.15, 0.2) is 41.4 Å². The van der Waals surface area contributed by atoms with Crippen molar-refractivity contribution < 1.29 is 9.59 Å². The number of nitrogens with zero attached hydrogens (tertiary/aromatic N) is 1. The Hall–Kier alpha value is -1.55. The van der Waals surface area contributed by atoms with Gasteiger partial charge in [0.2, 0.25) is 11.0 Å². The molecule has 0 N–H and O–H groups in total. The number of benzene rings is 1. The van der Waals surface area contributed by atoms with Crippen LogP contribution in [0.25, 0.3) is 0 Å². The first-order chi connectivity index (χ1) is 9.27. The summed E-state index contributed by atoms with van der Waals surface area (Å²) >= 11 is 1.22.